The number of nitrogens with one attached hydrogen (secondary N) is 1. The molecule has 0 aromatic heterocycles. The molecule has 1 fully saturated rings. The lowest BCUT2D eigenvalue weighted by Gasteiger charge is -2.17. The number of hydrogen-bond donors (Lipinski definition) is 1. The highest BCUT2D eigenvalue weighted by Gasteiger charge is 2.22. The van der Waals surface area contributed by atoms with Crippen LogP contribution in [0.4, 0.5) is 5.69 Å². The van der Waals surface area contributed by atoms with Crippen molar-refractivity contribution >= 4 is 11.6 Å². The van der Waals surface area contributed by atoms with E-state index in [1.54, 1.807) is 5.01 Å². The van der Waals surface area contributed by atoms with Crippen LogP contribution in [-0.4, -0.2) is 19.1 Å². The topological polar surface area (TPSA) is 41.6 Å². The number of anilines is 1. The van der Waals surface area contributed by atoms with Gasteiger partial charge < -0.3 is 4.74 Å². The summed E-state index contributed by atoms with van der Waals surface area (Å²) >= 11 is 0. The van der Waals surface area contributed by atoms with Crippen molar-refractivity contribution in [3.8, 4) is 5.75 Å². The van der Waals surface area contributed by atoms with Gasteiger partial charge in [0.25, 0.3) is 5.91 Å². The van der Waals surface area contributed by atoms with Crippen molar-refractivity contribution < 1.29 is 9.53 Å². The molecule has 2 rings (SSSR count). The molecule has 0 unspecified atom stereocenters. The monoisotopic (exact) mass is 232 g/mol. The van der Waals surface area contributed by atoms with Crippen LogP contribution in [0.25, 0.3) is 0 Å². The lowest BCUT2D eigenvalue weighted by Crippen LogP contribution is -2.32. The van der Waals surface area contributed by atoms with E-state index in [4.69, 9.17) is 4.74 Å². The van der Waals surface area contributed by atoms with Crippen LogP contribution in [0.1, 0.15) is 13.3 Å². The van der Waals surface area contributed by atoms with E-state index in [0.29, 0.717) is 12.1 Å². The Labute approximate surface area is 101 Å². The van der Waals surface area contributed by atoms with Crippen molar-refractivity contribution in [2.45, 2.75) is 13.3 Å². The van der Waals surface area contributed by atoms with Crippen LogP contribution < -0.4 is 15.2 Å². The Hall–Kier alpha value is -1.97. The van der Waals surface area contributed by atoms with Crippen LogP contribution in [-0.2, 0) is 4.79 Å². The molecule has 1 saturated heterocycles. The molecule has 0 bridgehead atoms. The van der Waals surface area contributed by atoms with Gasteiger partial charge in [-0.05, 0) is 30.7 Å². The molecular weight excluding hydrogens is 216 g/mol. The van der Waals surface area contributed by atoms with Gasteiger partial charge in [-0.15, -0.1) is 0 Å². The third kappa shape index (κ3) is 2.58. The average molecular weight is 232 g/mol. The standard InChI is InChI=1S/C13H16N2O2/c1-3-8-17-12-6-4-11(5-7-12)15-9-10(2)13(16)14-15/h4-7H,2-3,8-9H2,1H3,(H,14,16). The predicted octanol–water partition coefficient (Wildman–Crippen LogP) is 1.88. The fourth-order valence-corrected chi connectivity index (χ4v) is 1.60. The number of hydrazine groups is 1. The van der Waals surface area contributed by atoms with Crippen molar-refractivity contribution in [1.29, 1.82) is 0 Å². The molecule has 1 amide bonds. The first-order chi connectivity index (χ1) is 8.20. The summed E-state index contributed by atoms with van der Waals surface area (Å²) in [4.78, 5) is 11.3. The Morgan fingerprint density at radius 2 is 2.12 bits per heavy atom. The van der Waals surface area contributed by atoms with Gasteiger partial charge in [-0.2, -0.15) is 0 Å². The molecular formula is C13H16N2O2. The normalized spacial score (nSPS) is 15.0. The quantitative estimate of drug-likeness (QED) is 0.806. The van der Waals surface area contributed by atoms with Gasteiger partial charge in [0.15, 0.2) is 0 Å². The Morgan fingerprint density at radius 1 is 1.41 bits per heavy atom. The summed E-state index contributed by atoms with van der Waals surface area (Å²) in [6, 6.07) is 7.64. The molecule has 1 aliphatic heterocycles. The first-order valence-electron chi connectivity index (χ1n) is 5.70. The second kappa shape index (κ2) is 4.91. The maximum absolute atomic E-state index is 11.3. The van der Waals surface area contributed by atoms with Crippen molar-refractivity contribution in [3.63, 3.8) is 0 Å². The van der Waals surface area contributed by atoms with E-state index < -0.39 is 0 Å². The molecule has 4 heteroatoms. The van der Waals surface area contributed by atoms with Crippen LogP contribution in [0.5, 0.6) is 5.75 Å². The molecule has 90 valence electrons. The maximum Gasteiger partial charge on any atom is 0.267 e. The lowest BCUT2D eigenvalue weighted by molar-refractivity contribution is -0.116. The minimum Gasteiger partial charge on any atom is -0.494 e. The van der Waals surface area contributed by atoms with Crippen LogP contribution in [0.3, 0.4) is 0 Å². The van der Waals surface area contributed by atoms with Gasteiger partial charge in [-0.25, -0.2) is 0 Å². The van der Waals surface area contributed by atoms with Crippen LogP contribution in [0.15, 0.2) is 36.4 Å². The lowest BCUT2D eigenvalue weighted by atomic mass is 10.2. The van der Waals surface area contributed by atoms with E-state index in [0.717, 1.165) is 24.5 Å². The summed E-state index contributed by atoms with van der Waals surface area (Å²) in [5.41, 5.74) is 4.25. The van der Waals surface area contributed by atoms with Gasteiger partial charge in [0, 0.05) is 5.57 Å². The molecule has 0 spiro atoms. The van der Waals surface area contributed by atoms with Gasteiger partial charge in [0.2, 0.25) is 0 Å². The second-order valence-corrected chi connectivity index (χ2v) is 3.97. The van der Waals surface area contributed by atoms with Crippen LogP contribution in [0, 0.1) is 0 Å². The number of hydrogen-bond acceptors (Lipinski definition) is 3. The zero-order valence-corrected chi connectivity index (χ0v) is 9.90. The Kier molecular flexibility index (Phi) is 3.32. The molecule has 1 heterocycles. The molecule has 0 saturated carbocycles. The van der Waals surface area contributed by atoms with E-state index in [1.165, 1.54) is 0 Å². The number of ether oxygens (including phenoxy) is 1. The number of benzene rings is 1. The molecule has 4 nitrogen and oxygen atoms in total. The first-order valence-corrected chi connectivity index (χ1v) is 5.70. The van der Waals surface area contributed by atoms with Crippen molar-refractivity contribution in [3.05, 3.63) is 36.4 Å². The third-order valence-electron chi connectivity index (χ3n) is 2.53. The molecule has 0 radical (unpaired) electrons. The van der Waals surface area contributed by atoms with Gasteiger partial charge in [0.1, 0.15) is 5.75 Å². The van der Waals surface area contributed by atoms with Crippen LogP contribution >= 0.6 is 0 Å². The number of carbonyl (C=O) groups excluding carboxylic acids is 1. The second-order valence-electron chi connectivity index (χ2n) is 3.97. The largest absolute Gasteiger partial charge is 0.494 e. The highest BCUT2D eigenvalue weighted by Crippen LogP contribution is 2.21. The summed E-state index contributed by atoms with van der Waals surface area (Å²) in [7, 11) is 0. The average Bonchev–Trinajstić information content (AvgIpc) is 2.68. The van der Waals surface area contributed by atoms with Crippen molar-refractivity contribution in [2.24, 2.45) is 0 Å². The summed E-state index contributed by atoms with van der Waals surface area (Å²) in [5.74, 6) is 0.733. The smallest absolute Gasteiger partial charge is 0.267 e. The number of nitrogens with zero attached hydrogens (tertiary/aromatic N) is 1. The molecule has 1 aromatic rings. The van der Waals surface area contributed by atoms with E-state index in [2.05, 4.69) is 18.9 Å². The van der Waals surface area contributed by atoms with Gasteiger partial charge in [0.05, 0.1) is 18.8 Å². The molecule has 0 atom stereocenters. The van der Waals surface area contributed by atoms with Crippen LogP contribution in [0.2, 0.25) is 0 Å². The van der Waals surface area contributed by atoms with Gasteiger partial charge in [-0.1, -0.05) is 13.5 Å². The maximum atomic E-state index is 11.3. The first kappa shape index (κ1) is 11.5. The fourth-order valence-electron chi connectivity index (χ4n) is 1.60. The number of amides is 1. The van der Waals surface area contributed by atoms with E-state index in [1.807, 2.05) is 24.3 Å². The fraction of sp³-hybridized carbons (Fsp3) is 0.308. The Balaban J connectivity index is 2.03. The number of rotatable bonds is 4. The molecule has 0 aliphatic carbocycles. The molecule has 17 heavy (non-hydrogen) atoms. The summed E-state index contributed by atoms with van der Waals surface area (Å²) in [6.07, 6.45) is 0.990. The van der Waals surface area contributed by atoms with E-state index in [9.17, 15) is 4.79 Å². The Bertz CT molecular complexity index is 410. The third-order valence-corrected chi connectivity index (χ3v) is 2.53. The Morgan fingerprint density at radius 3 is 2.65 bits per heavy atom. The predicted molar refractivity (Wildman–Crippen MR) is 66.9 cm³/mol. The molecule has 1 aliphatic rings. The molecule has 1 N–H and O–H groups in total. The van der Waals surface area contributed by atoms with E-state index in [-0.39, 0.29) is 5.91 Å². The van der Waals surface area contributed by atoms with Gasteiger partial charge in [-0.3, -0.25) is 15.2 Å². The minimum absolute atomic E-state index is 0.115. The summed E-state index contributed by atoms with van der Waals surface area (Å²) in [5, 5.41) is 1.77. The van der Waals surface area contributed by atoms with Gasteiger partial charge >= 0.3 is 0 Å². The minimum atomic E-state index is -0.115. The zero-order chi connectivity index (χ0) is 12.3. The highest BCUT2D eigenvalue weighted by molar-refractivity contribution is 5.97. The number of carbonyl (C=O) groups is 1. The zero-order valence-electron chi connectivity index (χ0n) is 9.90. The van der Waals surface area contributed by atoms with Crippen molar-refractivity contribution in [1.82, 2.24) is 5.43 Å². The summed E-state index contributed by atoms with van der Waals surface area (Å²) in [6.45, 7) is 7.00. The molecule has 1 aromatic carbocycles. The SMILES string of the molecule is C=C1CN(c2ccc(OCCC)cc2)NC1=O. The highest BCUT2D eigenvalue weighted by atomic mass is 16.5. The van der Waals surface area contributed by atoms with E-state index >= 15 is 0 Å². The van der Waals surface area contributed by atoms with Crippen molar-refractivity contribution in [2.75, 3.05) is 18.2 Å². The summed E-state index contributed by atoms with van der Waals surface area (Å²) < 4.78 is 5.49.